The van der Waals surface area contributed by atoms with Gasteiger partial charge in [0.2, 0.25) is 5.95 Å². The van der Waals surface area contributed by atoms with Crippen molar-refractivity contribution in [3.05, 3.63) is 41.0 Å². The molecule has 0 atom stereocenters. The SMILES string of the molecule is CNc1nc(NCc2ccc(Cl)cc2)c2cn[nH]c2n1. The lowest BCUT2D eigenvalue weighted by molar-refractivity contribution is 1.08. The minimum absolute atomic E-state index is 0.542. The third-order valence-electron chi connectivity index (χ3n) is 2.91. The first-order valence-electron chi connectivity index (χ1n) is 6.13. The van der Waals surface area contributed by atoms with Crippen molar-refractivity contribution in [1.29, 1.82) is 0 Å². The molecular weight excluding hydrogens is 276 g/mol. The number of halogens is 1. The summed E-state index contributed by atoms with van der Waals surface area (Å²) >= 11 is 5.87. The predicted octanol–water partition coefficient (Wildman–Crippen LogP) is 2.66. The van der Waals surface area contributed by atoms with E-state index >= 15 is 0 Å². The highest BCUT2D eigenvalue weighted by atomic mass is 35.5. The molecule has 20 heavy (non-hydrogen) atoms. The second-order valence-corrected chi connectivity index (χ2v) is 4.69. The summed E-state index contributed by atoms with van der Waals surface area (Å²) in [6.45, 7) is 0.650. The van der Waals surface area contributed by atoms with E-state index in [0.717, 1.165) is 21.8 Å². The molecule has 0 aliphatic carbocycles. The lowest BCUT2D eigenvalue weighted by atomic mass is 10.2. The summed E-state index contributed by atoms with van der Waals surface area (Å²) in [6, 6.07) is 7.68. The average Bonchev–Trinajstić information content (AvgIpc) is 2.94. The number of H-pyrrole nitrogens is 1. The number of fused-ring (bicyclic) bond motifs is 1. The van der Waals surface area contributed by atoms with E-state index in [1.54, 1.807) is 13.2 Å². The molecule has 6 nitrogen and oxygen atoms in total. The number of benzene rings is 1. The van der Waals surface area contributed by atoms with E-state index in [2.05, 4.69) is 30.8 Å². The highest BCUT2D eigenvalue weighted by Crippen LogP contribution is 2.20. The topological polar surface area (TPSA) is 78.5 Å². The molecule has 0 fully saturated rings. The van der Waals surface area contributed by atoms with E-state index in [9.17, 15) is 0 Å². The third-order valence-corrected chi connectivity index (χ3v) is 3.16. The van der Waals surface area contributed by atoms with E-state index in [-0.39, 0.29) is 0 Å². The van der Waals surface area contributed by atoms with Crippen LogP contribution in [0.15, 0.2) is 30.5 Å². The Balaban J connectivity index is 1.86. The zero-order chi connectivity index (χ0) is 13.9. The molecule has 0 spiro atoms. The minimum Gasteiger partial charge on any atom is -0.365 e. The van der Waals surface area contributed by atoms with Crippen molar-refractivity contribution < 1.29 is 0 Å². The molecule has 0 aliphatic rings. The molecule has 0 unspecified atom stereocenters. The summed E-state index contributed by atoms with van der Waals surface area (Å²) in [6.07, 6.45) is 1.71. The average molecular weight is 289 g/mol. The van der Waals surface area contributed by atoms with Gasteiger partial charge in [0.05, 0.1) is 11.6 Å². The highest BCUT2D eigenvalue weighted by Gasteiger charge is 2.08. The van der Waals surface area contributed by atoms with Crippen LogP contribution in [-0.4, -0.2) is 27.2 Å². The van der Waals surface area contributed by atoms with E-state index in [0.29, 0.717) is 18.1 Å². The standard InChI is InChI=1S/C13H13ClN6/c1-15-13-18-11(10-7-17-20-12(10)19-13)16-6-8-2-4-9(14)5-3-8/h2-5,7H,6H2,1H3,(H3,15,16,17,18,19,20). The number of rotatable bonds is 4. The molecule has 3 N–H and O–H groups in total. The number of nitrogens with one attached hydrogen (secondary N) is 3. The summed E-state index contributed by atoms with van der Waals surface area (Å²) in [5.74, 6) is 1.28. The number of aromatic amines is 1. The second kappa shape index (κ2) is 5.34. The zero-order valence-corrected chi connectivity index (χ0v) is 11.6. The number of aromatic nitrogens is 4. The van der Waals surface area contributed by atoms with Crippen LogP contribution < -0.4 is 10.6 Å². The first-order chi connectivity index (χ1) is 9.76. The fourth-order valence-electron chi connectivity index (χ4n) is 1.87. The summed E-state index contributed by atoms with van der Waals surface area (Å²) < 4.78 is 0. The Hall–Kier alpha value is -2.34. The molecule has 0 bridgehead atoms. The van der Waals surface area contributed by atoms with Crippen LogP contribution in [0.1, 0.15) is 5.56 Å². The van der Waals surface area contributed by atoms with Gasteiger partial charge in [0.15, 0.2) is 5.65 Å². The molecule has 102 valence electrons. The van der Waals surface area contributed by atoms with Gasteiger partial charge in [-0.25, -0.2) is 0 Å². The van der Waals surface area contributed by atoms with Gasteiger partial charge in [0.1, 0.15) is 5.82 Å². The van der Waals surface area contributed by atoms with E-state index in [4.69, 9.17) is 11.6 Å². The number of hydrogen-bond donors (Lipinski definition) is 3. The van der Waals surface area contributed by atoms with Crippen LogP contribution in [-0.2, 0) is 6.54 Å². The summed E-state index contributed by atoms with van der Waals surface area (Å²) in [5.41, 5.74) is 1.82. The maximum Gasteiger partial charge on any atom is 0.226 e. The van der Waals surface area contributed by atoms with Crippen molar-refractivity contribution in [2.45, 2.75) is 6.54 Å². The van der Waals surface area contributed by atoms with Crippen LogP contribution in [0.25, 0.3) is 11.0 Å². The van der Waals surface area contributed by atoms with Crippen molar-refractivity contribution in [2.24, 2.45) is 0 Å². The predicted molar refractivity (Wildman–Crippen MR) is 80.0 cm³/mol. The van der Waals surface area contributed by atoms with Crippen LogP contribution in [0.4, 0.5) is 11.8 Å². The molecule has 3 rings (SSSR count). The lowest BCUT2D eigenvalue weighted by Gasteiger charge is -2.08. The second-order valence-electron chi connectivity index (χ2n) is 4.26. The molecule has 2 aromatic heterocycles. The molecule has 7 heteroatoms. The van der Waals surface area contributed by atoms with Crippen molar-refractivity contribution >= 4 is 34.4 Å². The number of anilines is 2. The fourth-order valence-corrected chi connectivity index (χ4v) is 2.00. The maximum absolute atomic E-state index is 5.87. The molecule has 0 saturated carbocycles. The van der Waals surface area contributed by atoms with Crippen LogP contribution in [0.5, 0.6) is 0 Å². The summed E-state index contributed by atoms with van der Waals surface area (Å²) in [7, 11) is 1.78. The lowest BCUT2D eigenvalue weighted by Crippen LogP contribution is -2.05. The highest BCUT2D eigenvalue weighted by molar-refractivity contribution is 6.30. The molecule has 3 aromatic rings. The molecule has 0 amide bonds. The first-order valence-corrected chi connectivity index (χ1v) is 6.51. The Bertz CT molecular complexity index is 721. The summed E-state index contributed by atoms with van der Waals surface area (Å²) in [5, 5.41) is 14.6. The first kappa shape index (κ1) is 12.7. The van der Waals surface area contributed by atoms with Crippen molar-refractivity contribution in [2.75, 3.05) is 17.7 Å². The normalized spacial score (nSPS) is 10.7. The Morgan fingerprint density at radius 1 is 1.20 bits per heavy atom. The van der Waals surface area contributed by atoms with Gasteiger partial charge in [-0.05, 0) is 17.7 Å². The maximum atomic E-state index is 5.87. The van der Waals surface area contributed by atoms with Crippen molar-refractivity contribution in [3.63, 3.8) is 0 Å². The Morgan fingerprint density at radius 2 is 2.00 bits per heavy atom. The number of hydrogen-bond acceptors (Lipinski definition) is 5. The van der Waals surface area contributed by atoms with Crippen molar-refractivity contribution in [1.82, 2.24) is 20.2 Å². The van der Waals surface area contributed by atoms with Gasteiger partial charge in [-0.15, -0.1) is 0 Å². The monoisotopic (exact) mass is 288 g/mol. The van der Waals surface area contributed by atoms with Crippen LogP contribution in [0.3, 0.4) is 0 Å². The summed E-state index contributed by atoms with van der Waals surface area (Å²) in [4.78, 5) is 8.69. The van der Waals surface area contributed by atoms with Gasteiger partial charge in [-0.1, -0.05) is 23.7 Å². The van der Waals surface area contributed by atoms with Crippen LogP contribution in [0, 0.1) is 0 Å². The van der Waals surface area contributed by atoms with Crippen molar-refractivity contribution in [3.8, 4) is 0 Å². The van der Waals surface area contributed by atoms with E-state index in [1.807, 2.05) is 24.3 Å². The van der Waals surface area contributed by atoms with Crippen LogP contribution >= 0.6 is 11.6 Å². The molecule has 0 saturated heterocycles. The third kappa shape index (κ3) is 2.50. The van der Waals surface area contributed by atoms with Gasteiger partial charge in [-0.3, -0.25) is 5.10 Å². The fraction of sp³-hybridized carbons (Fsp3) is 0.154. The van der Waals surface area contributed by atoms with Gasteiger partial charge >= 0.3 is 0 Å². The molecule has 0 radical (unpaired) electrons. The van der Waals surface area contributed by atoms with E-state index in [1.165, 1.54) is 0 Å². The van der Waals surface area contributed by atoms with Gasteiger partial charge < -0.3 is 10.6 Å². The minimum atomic E-state index is 0.542. The molecular formula is C13H13ClN6. The largest absolute Gasteiger partial charge is 0.365 e. The van der Waals surface area contributed by atoms with Crippen LogP contribution in [0.2, 0.25) is 5.02 Å². The Morgan fingerprint density at radius 3 is 2.75 bits per heavy atom. The molecule has 0 aliphatic heterocycles. The quantitative estimate of drug-likeness (QED) is 0.688. The molecule has 2 heterocycles. The zero-order valence-electron chi connectivity index (χ0n) is 10.8. The molecule has 1 aromatic carbocycles. The Kier molecular flexibility index (Phi) is 3.39. The Labute approximate surface area is 120 Å². The van der Waals surface area contributed by atoms with E-state index < -0.39 is 0 Å². The smallest absolute Gasteiger partial charge is 0.226 e. The van der Waals surface area contributed by atoms with Gasteiger partial charge in [0.25, 0.3) is 0 Å². The van der Waals surface area contributed by atoms with Gasteiger partial charge in [-0.2, -0.15) is 15.1 Å². The van der Waals surface area contributed by atoms with Gasteiger partial charge in [0, 0.05) is 18.6 Å². The number of nitrogens with zero attached hydrogens (tertiary/aromatic N) is 3.